The van der Waals surface area contributed by atoms with E-state index in [1.165, 1.54) is 0 Å². The van der Waals surface area contributed by atoms with E-state index in [-0.39, 0.29) is 5.69 Å². The van der Waals surface area contributed by atoms with E-state index in [0.29, 0.717) is 23.8 Å². The van der Waals surface area contributed by atoms with Crippen LogP contribution < -0.4 is 10.6 Å². The van der Waals surface area contributed by atoms with Crippen molar-refractivity contribution in [1.29, 1.82) is 0 Å². The second-order valence-electron chi connectivity index (χ2n) is 4.14. The Kier molecular flexibility index (Phi) is 4.19. The molecule has 0 aliphatic rings. The number of oxazole rings is 1. The molecule has 0 saturated carbocycles. The van der Waals surface area contributed by atoms with Gasteiger partial charge in [0.25, 0.3) is 0 Å². The van der Waals surface area contributed by atoms with Gasteiger partial charge in [-0.15, -0.1) is 0 Å². The maximum atomic E-state index is 11.1. The zero-order chi connectivity index (χ0) is 14.5. The molecule has 0 aliphatic carbocycles. The fourth-order valence-corrected chi connectivity index (χ4v) is 1.85. The number of aryl methyl sites for hydroxylation is 1. The molecule has 1 aromatic carbocycles. The molecular weight excluding hydrogens is 260 g/mol. The highest BCUT2D eigenvalue weighted by Crippen LogP contribution is 2.32. The molecule has 0 bridgehead atoms. The summed E-state index contributed by atoms with van der Waals surface area (Å²) in [5.74, 6) is 1.30. The maximum Gasteiger partial charge on any atom is 0.315 e. The van der Waals surface area contributed by atoms with Crippen LogP contribution in [-0.2, 0) is 13.0 Å². The largest absolute Gasteiger partial charge is 0.444 e. The fraction of sp³-hybridized carbons (Fsp3) is 0.308. The molecule has 2 N–H and O–H groups in total. The Bertz CT molecular complexity index is 609. The average Bonchev–Trinajstić information content (AvgIpc) is 2.92. The molecule has 106 valence electrons. The van der Waals surface area contributed by atoms with E-state index < -0.39 is 4.92 Å². The standard InChI is InChI=1S/C13H16N4O3/c1-3-9-7-16-12(20-9)8-15-11-6-4-5-10(14-2)13(11)17(18)19/h4-7,14-15H,3,8H2,1-2H3. The number of nitrogens with one attached hydrogen (secondary N) is 2. The minimum atomic E-state index is -0.415. The zero-order valence-electron chi connectivity index (χ0n) is 11.3. The minimum Gasteiger partial charge on any atom is -0.444 e. The van der Waals surface area contributed by atoms with Crippen LogP contribution in [0.25, 0.3) is 0 Å². The summed E-state index contributed by atoms with van der Waals surface area (Å²) < 4.78 is 5.45. The summed E-state index contributed by atoms with van der Waals surface area (Å²) in [4.78, 5) is 14.8. The molecule has 0 saturated heterocycles. The van der Waals surface area contributed by atoms with Gasteiger partial charge in [-0.2, -0.15) is 0 Å². The number of para-hydroxylation sites is 1. The fourth-order valence-electron chi connectivity index (χ4n) is 1.85. The Morgan fingerprint density at radius 1 is 1.40 bits per heavy atom. The van der Waals surface area contributed by atoms with Crippen LogP contribution in [0.1, 0.15) is 18.6 Å². The van der Waals surface area contributed by atoms with E-state index in [0.717, 1.165) is 12.2 Å². The molecule has 0 unspecified atom stereocenters. The van der Waals surface area contributed by atoms with Crippen molar-refractivity contribution in [2.75, 3.05) is 17.7 Å². The van der Waals surface area contributed by atoms with Gasteiger partial charge in [0, 0.05) is 13.5 Å². The molecule has 7 nitrogen and oxygen atoms in total. The van der Waals surface area contributed by atoms with E-state index in [2.05, 4.69) is 15.6 Å². The van der Waals surface area contributed by atoms with Crippen molar-refractivity contribution in [2.24, 2.45) is 0 Å². The molecule has 0 amide bonds. The van der Waals surface area contributed by atoms with E-state index >= 15 is 0 Å². The van der Waals surface area contributed by atoms with E-state index in [1.807, 2.05) is 6.92 Å². The molecule has 0 spiro atoms. The first-order valence-electron chi connectivity index (χ1n) is 6.28. The molecule has 0 fully saturated rings. The Hall–Kier alpha value is -2.57. The smallest absolute Gasteiger partial charge is 0.315 e. The summed E-state index contributed by atoms with van der Waals surface area (Å²) in [6.07, 6.45) is 2.43. The van der Waals surface area contributed by atoms with E-state index in [4.69, 9.17) is 4.42 Å². The first kappa shape index (κ1) is 13.9. The van der Waals surface area contributed by atoms with Crippen LogP contribution in [0, 0.1) is 10.1 Å². The summed E-state index contributed by atoms with van der Waals surface area (Å²) in [5.41, 5.74) is 0.900. The van der Waals surface area contributed by atoms with Crippen molar-refractivity contribution >= 4 is 17.1 Å². The summed E-state index contributed by atoms with van der Waals surface area (Å²) in [7, 11) is 1.65. The van der Waals surface area contributed by atoms with Crippen molar-refractivity contribution < 1.29 is 9.34 Å². The number of hydrogen-bond donors (Lipinski definition) is 2. The van der Waals surface area contributed by atoms with Crippen LogP contribution in [0.3, 0.4) is 0 Å². The number of hydrogen-bond acceptors (Lipinski definition) is 6. The van der Waals surface area contributed by atoms with Crippen molar-refractivity contribution in [2.45, 2.75) is 19.9 Å². The maximum absolute atomic E-state index is 11.1. The number of anilines is 2. The number of nitro benzene ring substituents is 1. The van der Waals surface area contributed by atoms with Gasteiger partial charge in [-0.25, -0.2) is 4.98 Å². The highest BCUT2D eigenvalue weighted by atomic mass is 16.6. The Balaban J connectivity index is 2.18. The van der Waals surface area contributed by atoms with Gasteiger partial charge in [0.1, 0.15) is 17.1 Å². The first-order chi connectivity index (χ1) is 9.65. The Morgan fingerprint density at radius 2 is 2.15 bits per heavy atom. The molecule has 0 radical (unpaired) electrons. The van der Waals surface area contributed by atoms with Crippen molar-refractivity contribution in [3.8, 4) is 0 Å². The van der Waals surface area contributed by atoms with Crippen molar-refractivity contribution in [3.63, 3.8) is 0 Å². The number of rotatable bonds is 6. The van der Waals surface area contributed by atoms with Crippen LogP contribution in [-0.4, -0.2) is 17.0 Å². The van der Waals surface area contributed by atoms with Gasteiger partial charge in [-0.05, 0) is 12.1 Å². The number of aromatic nitrogens is 1. The molecule has 1 aromatic heterocycles. The predicted octanol–water partition coefficient (Wildman–Crippen LogP) is 2.80. The first-order valence-corrected chi connectivity index (χ1v) is 6.28. The van der Waals surface area contributed by atoms with Gasteiger partial charge in [-0.1, -0.05) is 13.0 Å². The monoisotopic (exact) mass is 276 g/mol. The van der Waals surface area contributed by atoms with Crippen molar-refractivity contribution in [1.82, 2.24) is 4.98 Å². The van der Waals surface area contributed by atoms with Gasteiger partial charge in [0.2, 0.25) is 5.89 Å². The number of benzene rings is 1. The molecule has 2 rings (SSSR count). The second-order valence-corrected chi connectivity index (χ2v) is 4.14. The number of nitrogens with zero attached hydrogens (tertiary/aromatic N) is 2. The lowest BCUT2D eigenvalue weighted by molar-refractivity contribution is -0.383. The van der Waals surface area contributed by atoms with Gasteiger partial charge in [-0.3, -0.25) is 10.1 Å². The number of nitro groups is 1. The van der Waals surface area contributed by atoms with Crippen LogP contribution in [0.15, 0.2) is 28.8 Å². The normalized spacial score (nSPS) is 10.3. The van der Waals surface area contributed by atoms with Crippen LogP contribution in [0.5, 0.6) is 0 Å². The van der Waals surface area contributed by atoms with E-state index in [9.17, 15) is 10.1 Å². The van der Waals surface area contributed by atoms with E-state index in [1.54, 1.807) is 31.4 Å². The summed E-state index contributed by atoms with van der Waals surface area (Å²) >= 11 is 0. The molecular formula is C13H16N4O3. The zero-order valence-corrected chi connectivity index (χ0v) is 11.3. The molecule has 0 atom stereocenters. The average molecular weight is 276 g/mol. The molecule has 0 aliphatic heterocycles. The SMILES string of the molecule is CCc1cnc(CNc2cccc(NC)c2[N+](=O)[O-])o1. The highest BCUT2D eigenvalue weighted by Gasteiger charge is 2.18. The third-order valence-corrected chi connectivity index (χ3v) is 2.87. The van der Waals surface area contributed by atoms with Crippen LogP contribution in [0.4, 0.5) is 17.1 Å². The summed E-state index contributed by atoms with van der Waals surface area (Å²) in [6, 6.07) is 5.06. The van der Waals surface area contributed by atoms with Crippen molar-refractivity contribution in [3.05, 3.63) is 46.2 Å². The molecule has 20 heavy (non-hydrogen) atoms. The summed E-state index contributed by atoms with van der Waals surface area (Å²) in [5, 5.41) is 16.9. The third-order valence-electron chi connectivity index (χ3n) is 2.87. The topological polar surface area (TPSA) is 93.2 Å². The molecule has 2 aromatic rings. The van der Waals surface area contributed by atoms with Gasteiger partial charge >= 0.3 is 5.69 Å². The Morgan fingerprint density at radius 3 is 2.75 bits per heavy atom. The third kappa shape index (κ3) is 2.87. The van der Waals surface area contributed by atoms with Gasteiger partial charge < -0.3 is 15.1 Å². The van der Waals surface area contributed by atoms with Gasteiger partial charge in [0.05, 0.1) is 17.7 Å². The highest BCUT2D eigenvalue weighted by molar-refractivity contribution is 5.75. The van der Waals surface area contributed by atoms with Crippen LogP contribution in [0.2, 0.25) is 0 Å². The van der Waals surface area contributed by atoms with Crippen LogP contribution >= 0.6 is 0 Å². The molecule has 1 heterocycles. The quantitative estimate of drug-likeness (QED) is 0.622. The minimum absolute atomic E-state index is 0.0114. The predicted molar refractivity (Wildman–Crippen MR) is 75.9 cm³/mol. The lowest BCUT2D eigenvalue weighted by atomic mass is 10.2. The second kappa shape index (κ2) is 6.05. The summed E-state index contributed by atoms with van der Waals surface area (Å²) in [6.45, 7) is 2.27. The lowest BCUT2D eigenvalue weighted by Crippen LogP contribution is -2.05. The molecule has 7 heteroatoms. The lowest BCUT2D eigenvalue weighted by Gasteiger charge is -2.08. The Labute approximate surface area is 116 Å². The van der Waals surface area contributed by atoms with Gasteiger partial charge in [0.15, 0.2) is 0 Å².